The molecule has 0 aliphatic heterocycles. The molecule has 0 saturated heterocycles. The Kier molecular flexibility index (Phi) is 10.0. The molecule has 4 nitrogen and oxygen atoms in total. The van der Waals surface area contributed by atoms with Crippen LogP contribution in [0.15, 0.2) is 72.8 Å². The van der Waals surface area contributed by atoms with E-state index in [4.69, 9.17) is 34.8 Å². The molecule has 7 heteroatoms. The maximum Gasteiger partial charge on any atom is 0.243 e. The number of nitrogens with one attached hydrogen (secondary N) is 1. The zero-order valence-electron chi connectivity index (χ0n) is 19.8. The maximum absolute atomic E-state index is 13.8. The summed E-state index contributed by atoms with van der Waals surface area (Å²) in [7, 11) is 0. The molecule has 3 aromatic rings. The molecule has 0 unspecified atom stereocenters. The Morgan fingerprint density at radius 3 is 2.09 bits per heavy atom. The Morgan fingerprint density at radius 2 is 1.49 bits per heavy atom. The molecule has 0 fully saturated rings. The van der Waals surface area contributed by atoms with Crippen LogP contribution in [0, 0.1) is 0 Å². The summed E-state index contributed by atoms with van der Waals surface area (Å²) in [5, 5.41) is 4.50. The first kappa shape index (κ1) is 27.1. The molecule has 3 aromatic carbocycles. The number of nitrogens with zero attached hydrogens (tertiary/aromatic N) is 1. The second-order valence-corrected chi connectivity index (χ2v) is 9.80. The smallest absolute Gasteiger partial charge is 0.243 e. The Hall–Kier alpha value is -2.53. The van der Waals surface area contributed by atoms with Crippen LogP contribution in [0.3, 0.4) is 0 Å². The second kappa shape index (κ2) is 13.0. The highest BCUT2D eigenvalue weighted by molar-refractivity contribution is 6.36. The predicted molar refractivity (Wildman–Crippen MR) is 144 cm³/mol. The molecule has 0 radical (unpaired) electrons. The zero-order chi connectivity index (χ0) is 25.4. The van der Waals surface area contributed by atoms with Crippen LogP contribution in [0.25, 0.3) is 0 Å². The fourth-order valence-electron chi connectivity index (χ4n) is 3.74. The van der Waals surface area contributed by atoms with E-state index in [1.54, 1.807) is 35.2 Å². The number of halogens is 3. The van der Waals surface area contributed by atoms with Crippen LogP contribution in [-0.2, 0) is 29.0 Å². The third-order valence-corrected chi connectivity index (χ3v) is 6.89. The molecule has 2 atom stereocenters. The lowest BCUT2D eigenvalue weighted by molar-refractivity contribution is -0.141. The van der Waals surface area contributed by atoms with Crippen LogP contribution < -0.4 is 5.32 Å². The van der Waals surface area contributed by atoms with Gasteiger partial charge in [0.1, 0.15) is 6.04 Å². The van der Waals surface area contributed by atoms with Crippen molar-refractivity contribution < 1.29 is 9.59 Å². The highest BCUT2D eigenvalue weighted by Gasteiger charge is 2.31. The largest absolute Gasteiger partial charge is 0.352 e. The molecule has 0 aliphatic carbocycles. The number of carbonyl (C=O) groups is 2. The number of amides is 2. The van der Waals surface area contributed by atoms with Crippen molar-refractivity contribution in [2.24, 2.45) is 0 Å². The normalized spacial score (nSPS) is 12.6. The van der Waals surface area contributed by atoms with Crippen molar-refractivity contribution in [3.8, 4) is 0 Å². The van der Waals surface area contributed by atoms with Gasteiger partial charge in [0, 0.05) is 34.1 Å². The van der Waals surface area contributed by atoms with Crippen molar-refractivity contribution in [2.75, 3.05) is 0 Å². The summed E-state index contributed by atoms with van der Waals surface area (Å²) in [6.07, 6.45) is 1.14. The Labute approximate surface area is 222 Å². The average molecular weight is 532 g/mol. The molecule has 0 spiro atoms. The van der Waals surface area contributed by atoms with Gasteiger partial charge in [-0.15, -0.1) is 0 Å². The van der Waals surface area contributed by atoms with Gasteiger partial charge in [-0.25, -0.2) is 0 Å². The molecule has 0 saturated carbocycles. The van der Waals surface area contributed by atoms with Crippen LogP contribution in [0.1, 0.15) is 37.0 Å². The summed E-state index contributed by atoms with van der Waals surface area (Å²) >= 11 is 18.8. The molecule has 0 heterocycles. The van der Waals surface area contributed by atoms with E-state index in [2.05, 4.69) is 5.32 Å². The van der Waals surface area contributed by atoms with Gasteiger partial charge in [0.2, 0.25) is 11.8 Å². The minimum Gasteiger partial charge on any atom is -0.352 e. The molecule has 0 aliphatic rings. The van der Waals surface area contributed by atoms with Crippen LogP contribution in [0.2, 0.25) is 15.1 Å². The van der Waals surface area contributed by atoms with E-state index in [0.717, 1.165) is 17.5 Å². The Morgan fingerprint density at radius 1 is 0.857 bits per heavy atom. The number of carbonyl (C=O) groups excluding carboxylic acids is 2. The number of hydrogen-bond acceptors (Lipinski definition) is 2. The van der Waals surface area contributed by atoms with Crippen molar-refractivity contribution in [1.82, 2.24) is 10.2 Å². The van der Waals surface area contributed by atoms with Gasteiger partial charge < -0.3 is 10.2 Å². The summed E-state index contributed by atoms with van der Waals surface area (Å²) in [5.41, 5.74) is 2.37. The molecule has 3 rings (SSSR count). The third-order valence-electron chi connectivity index (χ3n) is 5.93. The highest BCUT2D eigenvalue weighted by atomic mass is 35.5. The fourth-order valence-corrected chi connectivity index (χ4v) is 4.39. The summed E-state index contributed by atoms with van der Waals surface area (Å²) in [5.74, 6) is -0.439. The van der Waals surface area contributed by atoms with Gasteiger partial charge >= 0.3 is 0 Å². The van der Waals surface area contributed by atoms with E-state index in [1.807, 2.05) is 56.3 Å². The van der Waals surface area contributed by atoms with Gasteiger partial charge in [-0.2, -0.15) is 0 Å². The average Bonchev–Trinajstić information content (AvgIpc) is 2.85. The van der Waals surface area contributed by atoms with E-state index in [1.165, 1.54) is 0 Å². The van der Waals surface area contributed by atoms with Gasteiger partial charge in [0.05, 0.1) is 6.42 Å². The van der Waals surface area contributed by atoms with Crippen molar-refractivity contribution in [1.29, 1.82) is 0 Å². The molecule has 0 bridgehead atoms. The minimum absolute atomic E-state index is 0.0198. The lowest BCUT2D eigenvalue weighted by Crippen LogP contribution is -2.52. The summed E-state index contributed by atoms with van der Waals surface area (Å²) in [6, 6.07) is 21.4. The highest BCUT2D eigenvalue weighted by Crippen LogP contribution is 2.26. The number of hydrogen-bond donors (Lipinski definition) is 1. The first-order valence-electron chi connectivity index (χ1n) is 11.6. The zero-order valence-corrected chi connectivity index (χ0v) is 22.1. The summed E-state index contributed by atoms with van der Waals surface area (Å²) < 4.78 is 0. The van der Waals surface area contributed by atoms with Crippen LogP contribution >= 0.6 is 34.8 Å². The van der Waals surface area contributed by atoms with E-state index >= 15 is 0 Å². The minimum atomic E-state index is -0.726. The fraction of sp³-hybridized carbons (Fsp3) is 0.286. The van der Waals surface area contributed by atoms with Crippen LogP contribution in [-0.4, -0.2) is 28.8 Å². The van der Waals surface area contributed by atoms with Crippen molar-refractivity contribution in [2.45, 2.75) is 51.7 Å². The molecule has 1 N–H and O–H groups in total. The van der Waals surface area contributed by atoms with E-state index in [9.17, 15) is 9.59 Å². The number of benzene rings is 3. The quantitative estimate of drug-likeness (QED) is 0.315. The van der Waals surface area contributed by atoms with Gasteiger partial charge in [0.25, 0.3) is 0 Å². The monoisotopic (exact) mass is 530 g/mol. The predicted octanol–water partition coefficient (Wildman–Crippen LogP) is 6.74. The van der Waals surface area contributed by atoms with Crippen LogP contribution in [0.4, 0.5) is 0 Å². The van der Waals surface area contributed by atoms with Crippen LogP contribution in [0.5, 0.6) is 0 Å². The lowest BCUT2D eigenvalue weighted by atomic mass is 10.0. The number of rotatable bonds is 10. The van der Waals surface area contributed by atoms with Crippen molar-refractivity contribution in [3.05, 3.63) is 105 Å². The summed E-state index contributed by atoms with van der Waals surface area (Å²) in [6.45, 7) is 4.20. The molecule has 0 aromatic heterocycles. The lowest BCUT2D eigenvalue weighted by Gasteiger charge is -2.32. The topological polar surface area (TPSA) is 49.4 Å². The molecule has 184 valence electrons. The first-order chi connectivity index (χ1) is 16.8. The SMILES string of the molecule is CC[C@@H](C)NC(=O)[C@@H](Cc1ccccc1)N(Cc1ccc(Cl)cc1)C(=O)Cc1c(Cl)cccc1Cl. The van der Waals surface area contributed by atoms with E-state index in [-0.39, 0.29) is 30.8 Å². The standard InChI is InChI=1S/C28H29Cl3N2O2/c1-3-19(2)32-28(35)26(16-20-8-5-4-6-9-20)33(18-21-12-14-22(29)15-13-21)27(34)17-23-24(30)10-7-11-25(23)31/h4-15,19,26H,3,16-18H2,1-2H3,(H,32,35)/t19-,26-/m1/s1. The van der Waals surface area contributed by atoms with Gasteiger partial charge in [-0.3, -0.25) is 9.59 Å². The van der Waals surface area contributed by atoms with E-state index < -0.39 is 6.04 Å². The maximum atomic E-state index is 13.8. The molecular weight excluding hydrogens is 503 g/mol. The Bertz CT molecular complexity index is 1120. The molecule has 35 heavy (non-hydrogen) atoms. The Balaban J connectivity index is 2.00. The second-order valence-electron chi connectivity index (χ2n) is 8.55. The van der Waals surface area contributed by atoms with Gasteiger partial charge in [0.15, 0.2) is 0 Å². The molecular formula is C28H29Cl3N2O2. The van der Waals surface area contributed by atoms with Crippen molar-refractivity contribution in [3.63, 3.8) is 0 Å². The van der Waals surface area contributed by atoms with Crippen molar-refractivity contribution >= 4 is 46.6 Å². The van der Waals surface area contributed by atoms with Gasteiger partial charge in [-0.1, -0.05) is 90.3 Å². The summed E-state index contributed by atoms with van der Waals surface area (Å²) in [4.78, 5) is 28.9. The molecule has 2 amide bonds. The van der Waals surface area contributed by atoms with Gasteiger partial charge in [-0.05, 0) is 54.3 Å². The first-order valence-corrected chi connectivity index (χ1v) is 12.7. The third kappa shape index (κ3) is 7.73. The van der Waals surface area contributed by atoms with E-state index in [0.29, 0.717) is 27.1 Å².